The molecule has 2 heterocycles. The third-order valence-electron chi connectivity index (χ3n) is 3.84. The highest BCUT2D eigenvalue weighted by Gasteiger charge is 2.30. The molecule has 0 unspecified atom stereocenters. The van der Waals surface area contributed by atoms with Crippen LogP contribution in [0.5, 0.6) is 5.75 Å². The molecule has 148 valence electrons. The Bertz CT molecular complexity index is 1030. The summed E-state index contributed by atoms with van der Waals surface area (Å²) in [5.74, 6) is 0.868. The largest absolute Gasteiger partial charge is 0.573 e. The Kier molecular flexibility index (Phi) is 5.93. The first-order valence-electron chi connectivity index (χ1n) is 8.62. The SMILES string of the molecule is Cc1nc(NCCC#N)cc(-c2cncc(-c3ccc(OC(F)(F)F)cc3)c2)n1. The van der Waals surface area contributed by atoms with Crippen LogP contribution in [0.2, 0.25) is 0 Å². The van der Waals surface area contributed by atoms with Crippen molar-refractivity contribution in [3.63, 3.8) is 0 Å². The van der Waals surface area contributed by atoms with Crippen molar-refractivity contribution in [1.29, 1.82) is 5.26 Å². The average molecular weight is 399 g/mol. The standard InChI is InChI=1S/C20H16F3N5O/c1-13-27-18(10-19(28-13)26-8-2-7-24)16-9-15(11-25-12-16)14-3-5-17(6-4-14)29-20(21,22)23/h3-6,9-12H,2,8H2,1H3,(H,26,27,28). The zero-order valence-electron chi connectivity index (χ0n) is 15.4. The van der Waals surface area contributed by atoms with E-state index in [0.29, 0.717) is 35.9 Å². The lowest BCUT2D eigenvalue weighted by atomic mass is 10.0. The molecule has 0 amide bonds. The number of aromatic nitrogens is 3. The summed E-state index contributed by atoms with van der Waals surface area (Å²) in [4.78, 5) is 12.9. The molecule has 6 nitrogen and oxygen atoms in total. The summed E-state index contributed by atoms with van der Waals surface area (Å²) in [7, 11) is 0. The lowest BCUT2D eigenvalue weighted by molar-refractivity contribution is -0.274. The van der Waals surface area contributed by atoms with Crippen molar-refractivity contribution in [3.8, 4) is 34.2 Å². The second-order valence-corrected chi connectivity index (χ2v) is 6.06. The highest BCUT2D eigenvalue weighted by Crippen LogP contribution is 2.28. The van der Waals surface area contributed by atoms with Gasteiger partial charge >= 0.3 is 6.36 Å². The quantitative estimate of drug-likeness (QED) is 0.603. The highest BCUT2D eigenvalue weighted by molar-refractivity contribution is 5.71. The number of hydrogen-bond donors (Lipinski definition) is 1. The second-order valence-electron chi connectivity index (χ2n) is 6.06. The first-order chi connectivity index (χ1) is 13.8. The van der Waals surface area contributed by atoms with E-state index >= 15 is 0 Å². The Labute approximate surface area is 165 Å². The Morgan fingerprint density at radius 3 is 2.45 bits per heavy atom. The van der Waals surface area contributed by atoms with Crippen molar-refractivity contribution in [2.24, 2.45) is 0 Å². The first kappa shape index (κ1) is 20.1. The number of nitrogens with one attached hydrogen (secondary N) is 1. The summed E-state index contributed by atoms with van der Waals surface area (Å²) < 4.78 is 40.8. The van der Waals surface area contributed by atoms with Gasteiger partial charge in [0, 0.05) is 36.1 Å². The van der Waals surface area contributed by atoms with Crippen molar-refractivity contribution < 1.29 is 17.9 Å². The van der Waals surface area contributed by atoms with Gasteiger partial charge in [-0.3, -0.25) is 4.98 Å². The van der Waals surface area contributed by atoms with Crippen LogP contribution < -0.4 is 10.1 Å². The molecule has 0 radical (unpaired) electrons. The molecule has 3 aromatic rings. The van der Waals surface area contributed by atoms with E-state index in [1.165, 1.54) is 24.3 Å². The summed E-state index contributed by atoms with van der Waals surface area (Å²) in [5, 5.41) is 11.7. The molecule has 0 saturated carbocycles. The Hall–Kier alpha value is -3.67. The summed E-state index contributed by atoms with van der Waals surface area (Å²) >= 11 is 0. The van der Waals surface area contributed by atoms with Crippen LogP contribution in [-0.4, -0.2) is 27.9 Å². The van der Waals surface area contributed by atoms with Crippen molar-refractivity contribution in [3.05, 3.63) is 54.6 Å². The number of halogens is 3. The van der Waals surface area contributed by atoms with Gasteiger partial charge < -0.3 is 10.1 Å². The predicted molar refractivity (Wildman–Crippen MR) is 101 cm³/mol. The van der Waals surface area contributed by atoms with E-state index in [2.05, 4.69) is 31.1 Å². The molecule has 0 aliphatic rings. The summed E-state index contributed by atoms with van der Waals surface area (Å²) in [6.45, 7) is 2.23. The summed E-state index contributed by atoms with van der Waals surface area (Å²) in [6, 6.07) is 11.2. The van der Waals surface area contributed by atoms with E-state index in [-0.39, 0.29) is 5.75 Å². The minimum Gasteiger partial charge on any atom is -0.406 e. The fourth-order valence-corrected chi connectivity index (χ4v) is 2.64. The maximum Gasteiger partial charge on any atom is 0.573 e. The number of nitriles is 1. The van der Waals surface area contributed by atoms with E-state index in [4.69, 9.17) is 5.26 Å². The Morgan fingerprint density at radius 2 is 1.76 bits per heavy atom. The van der Waals surface area contributed by atoms with Gasteiger partial charge in [0.05, 0.1) is 18.2 Å². The fourth-order valence-electron chi connectivity index (χ4n) is 2.64. The third kappa shape index (κ3) is 5.65. The highest BCUT2D eigenvalue weighted by atomic mass is 19.4. The van der Waals surface area contributed by atoms with E-state index in [1.54, 1.807) is 25.4 Å². The number of alkyl halides is 3. The second kappa shape index (κ2) is 8.56. The van der Waals surface area contributed by atoms with Gasteiger partial charge in [0.25, 0.3) is 0 Å². The predicted octanol–water partition coefficient (Wildman–Crippen LogP) is 4.74. The number of anilines is 1. The molecule has 2 aromatic heterocycles. The van der Waals surface area contributed by atoms with Gasteiger partial charge in [-0.1, -0.05) is 12.1 Å². The van der Waals surface area contributed by atoms with Crippen LogP contribution in [0.25, 0.3) is 22.4 Å². The smallest absolute Gasteiger partial charge is 0.406 e. The zero-order chi connectivity index (χ0) is 20.9. The molecule has 1 N–H and O–H groups in total. The number of nitrogens with zero attached hydrogens (tertiary/aromatic N) is 4. The average Bonchev–Trinajstić information content (AvgIpc) is 2.67. The molecule has 0 spiro atoms. The van der Waals surface area contributed by atoms with Gasteiger partial charge in [0.15, 0.2) is 0 Å². The molecule has 1 aromatic carbocycles. The van der Waals surface area contributed by atoms with Gasteiger partial charge in [-0.05, 0) is 30.7 Å². The van der Waals surface area contributed by atoms with E-state index < -0.39 is 6.36 Å². The number of rotatable bonds is 6. The number of ether oxygens (including phenoxy) is 1. The molecule has 0 saturated heterocycles. The van der Waals surface area contributed by atoms with Gasteiger partial charge in [-0.2, -0.15) is 5.26 Å². The maximum absolute atomic E-state index is 12.3. The van der Waals surface area contributed by atoms with Crippen LogP contribution in [0, 0.1) is 18.3 Å². The zero-order valence-corrected chi connectivity index (χ0v) is 15.4. The minimum absolute atomic E-state index is 0.287. The molecule has 0 aliphatic carbocycles. The van der Waals surface area contributed by atoms with Crippen molar-refractivity contribution in [1.82, 2.24) is 15.0 Å². The monoisotopic (exact) mass is 399 g/mol. The molecule has 0 bridgehead atoms. The lowest BCUT2D eigenvalue weighted by Crippen LogP contribution is -2.16. The summed E-state index contributed by atoms with van der Waals surface area (Å²) in [5.41, 5.74) is 2.78. The number of benzene rings is 1. The van der Waals surface area contributed by atoms with Crippen LogP contribution in [0.15, 0.2) is 48.8 Å². The van der Waals surface area contributed by atoms with E-state index in [0.717, 1.165) is 11.1 Å². The van der Waals surface area contributed by atoms with Crippen LogP contribution in [0.3, 0.4) is 0 Å². The number of hydrogen-bond acceptors (Lipinski definition) is 6. The van der Waals surface area contributed by atoms with Crippen molar-refractivity contribution in [2.45, 2.75) is 19.7 Å². The molecule has 9 heteroatoms. The fraction of sp³-hybridized carbons (Fsp3) is 0.200. The van der Waals surface area contributed by atoms with Crippen LogP contribution in [-0.2, 0) is 0 Å². The normalized spacial score (nSPS) is 11.0. The Morgan fingerprint density at radius 1 is 1.03 bits per heavy atom. The van der Waals surface area contributed by atoms with Gasteiger partial charge in [0.1, 0.15) is 17.4 Å². The topological polar surface area (TPSA) is 83.7 Å². The van der Waals surface area contributed by atoms with Crippen molar-refractivity contribution in [2.75, 3.05) is 11.9 Å². The van der Waals surface area contributed by atoms with Crippen LogP contribution in [0.1, 0.15) is 12.2 Å². The minimum atomic E-state index is -4.73. The molecular formula is C20H16F3N5O. The van der Waals surface area contributed by atoms with Gasteiger partial charge in [0.2, 0.25) is 0 Å². The number of pyridine rings is 1. The molecule has 3 rings (SSSR count). The van der Waals surface area contributed by atoms with Crippen LogP contribution in [0.4, 0.5) is 19.0 Å². The summed E-state index contributed by atoms with van der Waals surface area (Å²) in [6.07, 6.45) is -1.12. The van der Waals surface area contributed by atoms with E-state index in [1.807, 2.05) is 6.07 Å². The first-order valence-corrected chi connectivity index (χ1v) is 8.62. The number of aryl methyl sites for hydroxylation is 1. The molecular weight excluding hydrogens is 383 g/mol. The van der Waals surface area contributed by atoms with Crippen molar-refractivity contribution >= 4 is 5.82 Å². The Balaban J connectivity index is 1.85. The molecule has 29 heavy (non-hydrogen) atoms. The van der Waals surface area contributed by atoms with E-state index in [9.17, 15) is 13.2 Å². The van der Waals surface area contributed by atoms with Crippen LogP contribution >= 0.6 is 0 Å². The third-order valence-corrected chi connectivity index (χ3v) is 3.84. The molecule has 0 fully saturated rings. The molecule has 0 atom stereocenters. The van der Waals surface area contributed by atoms with Gasteiger partial charge in [-0.25, -0.2) is 9.97 Å². The lowest BCUT2D eigenvalue weighted by Gasteiger charge is -2.10. The maximum atomic E-state index is 12.3. The van der Waals surface area contributed by atoms with Gasteiger partial charge in [-0.15, -0.1) is 13.2 Å². The molecule has 0 aliphatic heterocycles.